The minimum Gasteiger partial charge on any atom is -0.497 e. The zero-order valence-corrected chi connectivity index (χ0v) is 18.4. The lowest BCUT2D eigenvalue weighted by Crippen LogP contribution is -2.10. The topological polar surface area (TPSA) is 82.5 Å². The molecular weight excluding hydrogens is 426 g/mol. The second kappa shape index (κ2) is 9.49. The smallest absolute Gasteiger partial charge is 0.358 e. The number of methoxy groups -OCH3 is 1. The van der Waals surface area contributed by atoms with Gasteiger partial charge in [0.25, 0.3) is 5.91 Å². The molecule has 0 aliphatic rings. The van der Waals surface area contributed by atoms with E-state index >= 15 is 0 Å². The monoisotopic (exact) mass is 447 g/mol. The van der Waals surface area contributed by atoms with Gasteiger partial charge in [-0.2, -0.15) is 5.10 Å². The van der Waals surface area contributed by atoms with Crippen LogP contribution in [0.3, 0.4) is 0 Å². The van der Waals surface area contributed by atoms with Crippen molar-refractivity contribution >= 4 is 28.9 Å². The molecule has 0 saturated heterocycles. The molecule has 1 amide bonds. The Labute approximate surface area is 189 Å². The van der Waals surface area contributed by atoms with Crippen molar-refractivity contribution < 1.29 is 19.1 Å². The van der Waals surface area contributed by atoms with Crippen LogP contribution < -0.4 is 10.1 Å². The number of aromatic nitrogens is 2. The Morgan fingerprint density at radius 1 is 1.06 bits per heavy atom. The number of hydrogen-bond donors (Lipinski definition) is 1. The molecule has 4 rings (SSSR count). The highest BCUT2D eigenvalue weighted by Crippen LogP contribution is 2.28. The van der Waals surface area contributed by atoms with Gasteiger partial charge in [0, 0.05) is 11.3 Å². The molecule has 2 aromatic carbocycles. The number of anilines is 1. The summed E-state index contributed by atoms with van der Waals surface area (Å²) in [6, 6.07) is 20.0. The van der Waals surface area contributed by atoms with Crippen molar-refractivity contribution in [3.8, 4) is 22.7 Å². The number of hydrogen-bond acceptors (Lipinski definition) is 6. The number of rotatable bonds is 7. The molecule has 0 aliphatic heterocycles. The number of amides is 1. The van der Waals surface area contributed by atoms with Crippen molar-refractivity contribution in [3.05, 3.63) is 82.7 Å². The summed E-state index contributed by atoms with van der Waals surface area (Å²) in [5, 5.41) is 9.25. The molecule has 32 heavy (non-hydrogen) atoms. The van der Waals surface area contributed by atoms with E-state index in [1.807, 2.05) is 60.0 Å². The standard InChI is InChI=1S/C24H21N3O4S/c1-3-31-24(29)20-15-21(27(26-20)18-9-11-19(30-2)12-10-18)16-6-4-7-17(14-16)25-23(28)22-8-5-13-32-22/h4-15H,3H2,1-2H3,(H,25,28). The summed E-state index contributed by atoms with van der Waals surface area (Å²) in [5.74, 6) is 0.0440. The van der Waals surface area contributed by atoms with E-state index in [4.69, 9.17) is 9.47 Å². The average Bonchev–Trinajstić information content (AvgIpc) is 3.50. The Balaban J connectivity index is 1.72. The molecule has 7 nitrogen and oxygen atoms in total. The summed E-state index contributed by atoms with van der Waals surface area (Å²) in [6.45, 7) is 2.01. The molecule has 1 N–H and O–H groups in total. The summed E-state index contributed by atoms with van der Waals surface area (Å²) in [7, 11) is 1.60. The highest BCUT2D eigenvalue weighted by atomic mass is 32.1. The van der Waals surface area contributed by atoms with Gasteiger partial charge in [0.05, 0.1) is 30.0 Å². The fourth-order valence-corrected chi connectivity index (χ4v) is 3.79. The van der Waals surface area contributed by atoms with Crippen LogP contribution in [0.5, 0.6) is 5.75 Å². The van der Waals surface area contributed by atoms with E-state index in [0.717, 1.165) is 11.3 Å². The molecule has 0 aliphatic carbocycles. The lowest BCUT2D eigenvalue weighted by molar-refractivity contribution is 0.0519. The van der Waals surface area contributed by atoms with E-state index < -0.39 is 5.97 Å². The number of carbonyl (C=O) groups excluding carboxylic acids is 2. The predicted octanol–water partition coefficient (Wildman–Crippen LogP) is 5.04. The SMILES string of the molecule is CCOC(=O)c1cc(-c2cccc(NC(=O)c3cccs3)c2)n(-c2ccc(OC)cc2)n1. The summed E-state index contributed by atoms with van der Waals surface area (Å²) < 4.78 is 12.0. The average molecular weight is 448 g/mol. The lowest BCUT2D eigenvalue weighted by atomic mass is 10.1. The van der Waals surface area contributed by atoms with E-state index in [-0.39, 0.29) is 18.2 Å². The fraction of sp³-hybridized carbons (Fsp3) is 0.125. The highest BCUT2D eigenvalue weighted by molar-refractivity contribution is 7.12. The van der Waals surface area contributed by atoms with E-state index in [9.17, 15) is 9.59 Å². The largest absolute Gasteiger partial charge is 0.497 e. The van der Waals surface area contributed by atoms with E-state index in [1.165, 1.54) is 11.3 Å². The van der Waals surface area contributed by atoms with Gasteiger partial charge in [0.2, 0.25) is 0 Å². The first-order chi connectivity index (χ1) is 15.6. The number of ether oxygens (including phenoxy) is 2. The van der Waals surface area contributed by atoms with Crippen molar-refractivity contribution in [2.45, 2.75) is 6.92 Å². The molecule has 2 heterocycles. The number of benzene rings is 2. The van der Waals surface area contributed by atoms with Crippen LogP contribution in [0.1, 0.15) is 27.1 Å². The zero-order chi connectivity index (χ0) is 22.5. The van der Waals surface area contributed by atoms with Gasteiger partial charge in [-0.15, -0.1) is 11.3 Å². The molecule has 2 aromatic heterocycles. The number of esters is 1. The summed E-state index contributed by atoms with van der Waals surface area (Å²) in [5.41, 5.74) is 3.06. The third-order valence-electron chi connectivity index (χ3n) is 4.67. The Morgan fingerprint density at radius 3 is 2.56 bits per heavy atom. The zero-order valence-electron chi connectivity index (χ0n) is 17.6. The minimum atomic E-state index is -0.497. The Morgan fingerprint density at radius 2 is 1.88 bits per heavy atom. The predicted molar refractivity (Wildman–Crippen MR) is 124 cm³/mol. The molecule has 0 saturated carbocycles. The van der Waals surface area contributed by atoms with Gasteiger partial charge >= 0.3 is 5.97 Å². The number of nitrogens with zero attached hydrogens (tertiary/aromatic N) is 2. The van der Waals surface area contributed by atoms with E-state index in [2.05, 4.69) is 10.4 Å². The Hall–Kier alpha value is -3.91. The second-order valence-electron chi connectivity index (χ2n) is 6.76. The number of carbonyl (C=O) groups is 2. The molecule has 0 spiro atoms. The van der Waals surface area contributed by atoms with Crippen LogP contribution in [0, 0.1) is 0 Å². The summed E-state index contributed by atoms with van der Waals surface area (Å²) in [6.07, 6.45) is 0. The first-order valence-electron chi connectivity index (χ1n) is 9.96. The van der Waals surface area contributed by atoms with Gasteiger partial charge in [0.15, 0.2) is 5.69 Å². The maximum absolute atomic E-state index is 12.4. The van der Waals surface area contributed by atoms with Crippen molar-refractivity contribution in [1.29, 1.82) is 0 Å². The fourth-order valence-electron chi connectivity index (χ4n) is 3.17. The maximum Gasteiger partial charge on any atom is 0.358 e. The van der Waals surface area contributed by atoms with Crippen LogP contribution >= 0.6 is 11.3 Å². The van der Waals surface area contributed by atoms with Crippen molar-refractivity contribution in [3.63, 3.8) is 0 Å². The minimum absolute atomic E-state index is 0.173. The van der Waals surface area contributed by atoms with Gasteiger partial charge in [-0.25, -0.2) is 9.48 Å². The third kappa shape index (κ3) is 4.55. The van der Waals surface area contributed by atoms with Gasteiger partial charge in [-0.3, -0.25) is 4.79 Å². The van der Waals surface area contributed by atoms with Crippen molar-refractivity contribution in [1.82, 2.24) is 9.78 Å². The van der Waals surface area contributed by atoms with Crippen LogP contribution in [0.2, 0.25) is 0 Å². The third-order valence-corrected chi connectivity index (χ3v) is 5.54. The maximum atomic E-state index is 12.4. The van der Waals surface area contributed by atoms with Crippen LogP contribution in [-0.2, 0) is 4.74 Å². The molecule has 0 atom stereocenters. The van der Waals surface area contributed by atoms with E-state index in [1.54, 1.807) is 30.8 Å². The molecule has 0 unspecified atom stereocenters. The number of nitrogens with one attached hydrogen (secondary N) is 1. The quantitative estimate of drug-likeness (QED) is 0.402. The lowest BCUT2D eigenvalue weighted by Gasteiger charge is -2.10. The molecule has 162 valence electrons. The molecule has 0 radical (unpaired) electrons. The van der Waals surface area contributed by atoms with Gasteiger partial charge in [-0.1, -0.05) is 18.2 Å². The molecule has 8 heteroatoms. The van der Waals surface area contributed by atoms with Crippen molar-refractivity contribution in [2.75, 3.05) is 19.0 Å². The second-order valence-corrected chi connectivity index (χ2v) is 7.71. The first kappa shape index (κ1) is 21.3. The van der Waals surface area contributed by atoms with Gasteiger partial charge in [-0.05, 0) is 60.8 Å². The van der Waals surface area contributed by atoms with E-state index in [0.29, 0.717) is 22.0 Å². The normalized spacial score (nSPS) is 10.6. The molecule has 4 aromatic rings. The van der Waals surface area contributed by atoms with Crippen molar-refractivity contribution in [2.24, 2.45) is 0 Å². The van der Waals surface area contributed by atoms with Crippen LogP contribution in [0.15, 0.2) is 72.1 Å². The Bertz CT molecular complexity index is 1230. The summed E-state index contributed by atoms with van der Waals surface area (Å²) >= 11 is 1.38. The first-order valence-corrected chi connectivity index (χ1v) is 10.8. The Kier molecular flexibility index (Phi) is 6.32. The van der Waals surface area contributed by atoms with Crippen LogP contribution in [0.25, 0.3) is 16.9 Å². The van der Waals surface area contributed by atoms with Crippen LogP contribution in [-0.4, -0.2) is 35.4 Å². The summed E-state index contributed by atoms with van der Waals surface area (Å²) in [4.78, 5) is 25.4. The highest BCUT2D eigenvalue weighted by Gasteiger charge is 2.18. The molecular formula is C24H21N3O4S. The molecule has 0 bridgehead atoms. The van der Waals surface area contributed by atoms with Gasteiger partial charge < -0.3 is 14.8 Å². The number of thiophene rings is 1. The van der Waals surface area contributed by atoms with Crippen LogP contribution in [0.4, 0.5) is 5.69 Å². The molecule has 0 fully saturated rings. The van der Waals surface area contributed by atoms with Gasteiger partial charge in [0.1, 0.15) is 5.75 Å².